The minimum Gasteiger partial charge on any atom is -0.478 e. The van der Waals surface area contributed by atoms with Crippen molar-refractivity contribution in [1.29, 1.82) is 0 Å². The second-order valence-corrected chi connectivity index (χ2v) is 4.91. The summed E-state index contributed by atoms with van der Waals surface area (Å²) in [5.41, 5.74) is 3.55. The molecule has 0 saturated carbocycles. The maximum atomic E-state index is 6.04. The molecule has 0 spiro atoms. The SMILES string of the molecule is CCOc1ccc2[nH]c(-c3ccc(Cl)c(C)c3)nc2n1. The molecule has 5 heteroatoms. The molecule has 0 fully saturated rings. The standard InChI is InChI=1S/C15H14ClN3O/c1-3-20-13-7-6-12-15(18-13)19-14(17-12)10-4-5-11(16)9(2)8-10/h4-8H,3H2,1-2H3,(H,17,18,19). The maximum absolute atomic E-state index is 6.04. The first kappa shape index (κ1) is 12.9. The maximum Gasteiger partial charge on any atom is 0.215 e. The Bertz CT molecular complexity index is 767. The monoisotopic (exact) mass is 287 g/mol. The summed E-state index contributed by atoms with van der Waals surface area (Å²) in [7, 11) is 0. The molecule has 1 aromatic carbocycles. The van der Waals surface area contributed by atoms with Crippen LogP contribution in [0.5, 0.6) is 5.88 Å². The lowest BCUT2D eigenvalue weighted by atomic mass is 10.1. The Kier molecular flexibility index (Phi) is 3.32. The van der Waals surface area contributed by atoms with Crippen LogP contribution in [0.25, 0.3) is 22.6 Å². The van der Waals surface area contributed by atoms with E-state index in [-0.39, 0.29) is 0 Å². The van der Waals surface area contributed by atoms with Crippen LogP contribution in [0.3, 0.4) is 0 Å². The third-order valence-electron chi connectivity index (χ3n) is 3.04. The van der Waals surface area contributed by atoms with Crippen molar-refractivity contribution in [2.24, 2.45) is 0 Å². The molecule has 0 aliphatic heterocycles. The number of rotatable bonds is 3. The first-order valence-corrected chi connectivity index (χ1v) is 6.81. The van der Waals surface area contributed by atoms with Crippen molar-refractivity contribution in [2.75, 3.05) is 6.61 Å². The van der Waals surface area contributed by atoms with Gasteiger partial charge in [-0.3, -0.25) is 0 Å². The van der Waals surface area contributed by atoms with Crippen LogP contribution in [0, 0.1) is 6.92 Å². The number of imidazole rings is 1. The molecule has 3 rings (SSSR count). The molecular weight excluding hydrogens is 274 g/mol. The van der Waals surface area contributed by atoms with E-state index in [4.69, 9.17) is 16.3 Å². The molecule has 2 heterocycles. The Hall–Kier alpha value is -2.07. The second kappa shape index (κ2) is 5.13. The molecule has 0 aliphatic rings. The molecule has 0 bridgehead atoms. The highest BCUT2D eigenvalue weighted by molar-refractivity contribution is 6.31. The summed E-state index contributed by atoms with van der Waals surface area (Å²) in [6, 6.07) is 9.58. The molecule has 1 N–H and O–H groups in total. The summed E-state index contributed by atoms with van der Waals surface area (Å²) in [4.78, 5) is 12.1. The van der Waals surface area contributed by atoms with Crippen molar-refractivity contribution in [1.82, 2.24) is 15.0 Å². The molecule has 0 unspecified atom stereocenters. The molecule has 0 saturated heterocycles. The third kappa shape index (κ3) is 2.34. The summed E-state index contributed by atoms with van der Waals surface area (Å²) in [6.07, 6.45) is 0. The Morgan fingerprint density at radius 2 is 2.05 bits per heavy atom. The lowest BCUT2D eigenvalue weighted by molar-refractivity contribution is 0.328. The van der Waals surface area contributed by atoms with E-state index < -0.39 is 0 Å². The number of aromatic nitrogens is 3. The highest BCUT2D eigenvalue weighted by Gasteiger charge is 2.08. The minimum atomic E-state index is 0.588. The molecule has 2 aromatic heterocycles. The van der Waals surface area contributed by atoms with Crippen LogP contribution < -0.4 is 4.74 Å². The van der Waals surface area contributed by atoms with Gasteiger partial charge in [-0.1, -0.05) is 11.6 Å². The zero-order valence-electron chi connectivity index (χ0n) is 11.3. The van der Waals surface area contributed by atoms with Crippen molar-refractivity contribution in [3.8, 4) is 17.3 Å². The predicted molar refractivity (Wildman–Crippen MR) is 80.2 cm³/mol. The van der Waals surface area contributed by atoms with E-state index in [2.05, 4.69) is 15.0 Å². The van der Waals surface area contributed by atoms with Gasteiger partial charge in [-0.25, -0.2) is 4.98 Å². The number of benzene rings is 1. The average Bonchev–Trinajstić information content (AvgIpc) is 2.85. The predicted octanol–water partition coefficient (Wildman–Crippen LogP) is 3.99. The largest absolute Gasteiger partial charge is 0.478 e. The molecular formula is C15H14ClN3O. The Morgan fingerprint density at radius 1 is 1.20 bits per heavy atom. The normalized spacial score (nSPS) is 10.9. The number of hydrogen-bond donors (Lipinski definition) is 1. The van der Waals surface area contributed by atoms with Gasteiger partial charge in [0.2, 0.25) is 5.88 Å². The van der Waals surface area contributed by atoms with Gasteiger partial charge < -0.3 is 9.72 Å². The molecule has 20 heavy (non-hydrogen) atoms. The fourth-order valence-corrected chi connectivity index (χ4v) is 2.15. The molecule has 0 radical (unpaired) electrons. The van der Waals surface area contributed by atoms with Gasteiger partial charge in [0.1, 0.15) is 5.82 Å². The van der Waals surface area contributed by atoms with E-state index in [1.165, 1.54) is 0 Å². The zero-order chi connectivity index (χ0) is 14.1. The number of aromatic amines is 1. The number of halogens is 1. The van der Waals surface area contributed by atoms with Crippen LogP contribution in [-0.4, -0.2) is 21.6 Å². The summed E-state index contributed by atoms with van der Waals surface area (Å²) in [6.45, 7) is 4.49. The molecule has 0 aliphatic carbocycles. The quantitative estimate of drug-likeness (QED) is 0.792. The van der Waals surface area contributed by atoms with E-state index in [0.717, 1.165) is 27.5 Å². The van der Waals surface area contributed by atoms with Crippen LogP contribution in [-0.2, 0) is 0 Å². The number of aryl methyl sites for hydroxylation is 1. The fraction of sp³-hybridized carbons (Fsp3) is 0.200. The third-order valence-corrected chi connectivity index (χ3v) is 3.47. The van der Waals surface area contributed by atoms with Gasteiger partial charge >= 0.3 is 0 Å². The first-order valence-electron chi connectivity index (χ1n) is 6.43. The summed E-state index contributed by atoms with van der Waals surface area (Å²) in [5.74, 6) is 1.37. The van der Waals surface area contributed by atoms with Gasteiger partial charge in [0.05, 0.1) is 12.1 Å². The van der Waals surface area contributed by atoms with Gasteiger partial charge in [0, 0.05) is 16.7 Å². The average molecular weight is 288 g/mol. The number of ether oxygens (including phenoxy) is 1. The van der Waals surface area contributed by atoms with E-state index in [9.17, 15) is 0 Å². The van der Waals surface area contributed by atoms with Gasteiger partial charge in [0.25, 0.3) is 0 Å². The van der Waals surface area contributed by atoms with Crippen molar-refractivity contribution in [3.63, 3.8) is 0 Å². The lowest BCUT2D eigenvalue weighted by Crippen LogP contribution is -1.93. The van der Waals surface area contributed by atoms with Gasteiger partial charge in [0.15, 0.2) is 5.65 Å². The Morgan fingerprint density at radius 3 is 2.80 bits per heavy atom. The van der Waals surface area contributed by atoms with Gasteiger partial charge in [-0.15, -0.1) is 0 Å². The van der Waals surface area contributed by atoms with Crippen LogP contribution in [0.15, 0.2) is 30.3 Å². The molecule has 0 amide bonds. The Balaban J connectivity index is 2.05. The zero-order valence-corrected chi connectivity index (χ0v) is 12.0. The van der Waals surface area contributed by atoms with Crippen molar-refractivity contribution < 1.29 is 4.74 Å². The molecule has 4 nitrogen and oxygen atoms in total. The van der Waals surface area contributed by atoms with Crippen molar-refractivity contribution in [2.45, 2.75) is 13.8 Å². The van der Waals surface area contributed by atoms with Gasteiger partial charge in [-0.05, 0) is 43.7 Å². The van der Waals surface area contributed by atoms with E-state index in [0.29, 0.717) is 18.1 Å². The summed E-state index contributed by atoms with van der Waals surface area (Å²) >= 11 is 6.04. The van der Waals surface area contributed by atoms with Gasteiger partial charge in [-0.2, -0.15) is 4.98 Å². The van der Waals surface area contributed by atoms with Crippen molar-refractivity contribution in [3.05, 3.63) is 40.9 Å². The Labute approximate surface area is 121 Å². The summed E-state index contributed by atoms with van der Waals surface area (Å²) in [5, 5.41) is 0.751. The van der Waals surface area contributed by atoms with E-state index in [1.807, 2.05) is 44.2 Å². The van der Waals surface area contributed by atoms with Crippen LogP contribution in [0.4, 0.5) is 0 Å². The fourth-order valence-electron chi connectivity index (χ4n) is 2.03. The number of pyridine rings is 1. The summed E-state index contributed by atoms with van der Waals surface area (Å²) < 4.78 is 5.38. The van der Waals surface area contributed by atoms with Crippen LogP contribution in [0.2, 0.25) is 5.02 Å². The van der Waals surface area contributed by atoms with Crippen LogP contribution in [0.1, 0.15) is 12.5 Å². The van der Waals surface area contributed by atoms with E-state index in [1.54, 1.807) is 0 Å². The number of fused-ring (bicyclic) bond motifs is 1. The molecule has 102 valence electrons. The molecule has 3 aromatic rings. The minimum absolute atomic E-state index is 0.588. The van der Waals surface area contributed by atoms with E-state index >= 15 is 0 Å². The first-order chi connectivity index (χ1) is 9.67. The number of nitrogens with zero attached hydrogens (tertiary/aromatic N) is 2. The number of nitrogens with one attached hydrogen (secondary N) is 1. The number of H-pyrrole nitrogens is 1. The van der Waals surface area contributed by atoms with Crippen molar-refractivity contribution >= 4 is 22.8 Å². The molecule has 0 atom stereocenters. The highest BCUT2D eigenvalue weighted by Crippen LogP contribution is 2.25. The second-order valence-electron chi connectivity index (χ2n) is 4.50. The smallest absolute Gasteiger partial charge is 0.215 e. The highest BCUT2D eigenvalue weighted by atomic mass is 35.5. The topological polar surface area (TPSA) is 50.8 Å². The lowest BCUT2D eigenvalue weighted by Gasteiger charge is -2.00. The number of hydrogen-bond acceptors (Lipinski definition) is 3. The van der Waals surface area contributed by atoms with Crippen LogP contribution >= 0.6 is 11.6 Å².